The lowest BCUT2D eigenvalue weighted by Crippen LogP contribution is -2.07. The summed E-state index contributed by atoms with van der Waals surface area (Å²) >= 11 is 3.61. The molecule has 1 heterocycles. The second-order valence-corrected chi connectivity index (χ2v) is 6.82. The molecule has 4 rings (SSSR count). The van der Waals surface area contributed by atoms with Crippen molar-refractivity contribution >= 4 is 44.5 Å². The predicted octanol–water partition coefficient (Wildman–Crippen LogP) is 4.82. The van der Waals surface area contributed by atoms with Crippen LogP contribution in [0.4, 0.5) is 17.5 Å². The molecule has 0 atom stereocenters. The molecular weight excluding hydrogens is 404 g/mol. The molecule has 0 aliphatic carbocycles. The maximum atomic E-state index is 9.23. The summed E-state index contributed by atoms with van der Waals surface area (Å²) < 4.78 is 1.83. The molecule has 0 fully saturated rings. The molecule has 1 aromatic heterocycles. The minimum Gasteiger partial charge on any atom is -0.392 e. The Balaban J connectivity index is 1.85. The van der Waals surface area contributed by atoms with E-state index in [4.69, 9.17) is 5.73 Å². The maximum Gasteiger partial charge on any atom is 0.222 e. The zero-order chi connectivity index (χ0) is 18.8. The van der Waals surface area contributed by atoms with Crippen molar-refractivity contribution in [3.8, 4) is 11.1 Å². The number of anilines is 3. The number of nitrogens with zero attached hydrogens (tertiary/aromatic N) is 3. The third-order valence-corrected chi connectivity index (χ3v) is 5.08. The largest absolute Gasteiger partial charge is 0.392 e. The molecule has 5 nitrogen and oxygen atoms in total. The highest BCUT2D eigenvalue weighted by Gasteiger charge is 2.14. The minimum absolute atomic E-state index is 0.0326. The van der Waals surface area contributed by atoms with Crippen LogP contribution in [-0.2, 0) is 6.61 Å². The number of halogens is 1. The van der Waals surface area contributed by atoms with E-state index in [-0.39, 0.29) is 12.6 Å². The Morgan fingerprint density at radius 2 is 1.59 bits per heavy atom. The van der Waals surface area contributed by atoms with Gasteiger partial charge in [-0.3, -0.25) is 3.93 Å². The number of aromatic nitrogens is 2. The molecule has 3 aromatic carbocycles. The number of benzene rings is 3. The average molecular weight is 421 g/mol. The molecule has 4 aromatic rings. The van der Waals surface area contributed by atoms with Crippen molar-refractivity contribution in [3.63, 3.8) is 0 Å². The van der Waals surface area contributed by atoms with E-state index in [2.05, 4.69) is 32.2 Å². The van der Waals surface area contributed by atoms with Crippen LogP contribution in [0.1, 0.15) is 5.56 Å². The summed E-state index contributed by atoms with van der Waals surface area (Å²) in [5.74, 6) is 0.899. The summed E-state index contributed by atoms with van der Waals surface area (Å²) in [6, 6.07) is 23.7. The van der Waals surface area contributed by atoms with Crippen molar-refractivity contribution in [2.45, 2.75) is 6.61 Å². The molecule has 0 bridgehead atoms. The van der Waals surface area contributed by atoms with Gasteiger partial charge in [-0.25, -0.2) is 4.98 Å². The van der Waals surface area contributed by atoms with Crippen molar-refractivity contribution in [3.05, 3.63) is 78.4 Å². The van der Waals surface area contributed by atoms with Gasteiger partial charge in [-0.1, -0.05) is 48.5 Å². The van der Waals surface area contributed by atoms with E-state index in [0.29, 0.717) is 5.82 Å². The molecule has 0 aliphatic rings. The first kappa shape index (κ1) is 17.5. The van der Waals surface area contributed by atoms with Crippen molar-refractivity contribution < 1.29 is 5.11 Å². The Hall–Kier alpha value is -2.96. The molecule has 0 aliphatic heterocycles. The highest BCUT2D eigenvalue weighted by molar-refractivity contribution is 9.10. The third-order valence-electron chi connectivity index (χ3n) is 4.33. The maximum absolute atomic E-state index is 9.23. The lowest BCUT2D eigenvalue weighted by atomic mass is 10.0. The van der Waals surface area contributed by atoms with Gasteiger partial charge in [0.2, 0.25) is 5.95 Å². The van der Waals surface area contributed by atoms with Gasteiger partial charge in [0.1, 0.15) is 0 Å². The Labute approximate surface area is 165 Å². The minimum atomic E-state index is 0.0326. The van der Waals surface area contributed by atoms with Gasteiger partial charge in [0.05, 0.1) is 34.0 Å². The van der Waals surface area contributed by atoms with Crippen molar-refractivity contribution in [2.24, 2.45) is 0 Å². The smallest absolute Gasteiger partial charge is 0.222 e. The van der Waals surface area contributed by atoms with E-state index in [0.717, 1.165) is 33.3 Å². The molecule has 134 valence electrons. The van der Waals surface area contributed by atoms with Crippen LogP contribution < -0.4 is 9.66 Å². The number of fused-ring (bicyclic) bond motifs is 1. The van der Waals surface area contributed by atoms with Gasteiger partial charge in [-0.2, -0.15) is 4.98 Å². The van der Waals surface area contributed by atoms with E-state index in [1.165, 1.54) is 0 Å². The molecule has 6 heteroatoms. The van der Waals surface area contributed by atoms with Crippen LogP contribution in [0.15, 0.2) is 72.8 Å². The Kier molecular flexibility index (Phi) is 4.75. The quantitative estimate of drug-likeness (QED) is 0.462. The number of rotatable bonds is 4. The Bertz CT molecular complexity index is 1080. The summed E-state index contributed by atoms with van der Waals surface area (Å²) in [4.78, 5) is 8.81. The molecule has 3 N–H and O–H groups in total. The lowest BCUT2D eigenvalue weighted by Gasteiger charge is -2.18. The van der Waals surface area contributed by atoms with Gasteiger partial charge in [-0.05, 0) is 41.0 Å². The topological polar surface area (TPSA) is 75.3 Å². The van der Waals surface area contributed by atoms with Crippen LogP contribution in [0.5, 0.6) is 0 Å². The normalized spacial score (nSPS) is 10.9. The van der Waals surface area contributed by atoms with Gasteiger partial charge in [0.15, 0.2) is 5.82 Å². The fourth-order valence-electron chi connectivity index (χ4n) is 2.94. The number of hydrogen-bond acceptors (Lipinski definition) is 5. The molecule has 0 radical (unpaired) electrons. The summed E-state index contributed by atoms with van der Waals surface area (Å²) in [6.45, 7) is 0.0326. The number of hydrogen-bond donors (Lipinski definition) is 2. The fourth-order valence-corrected chi connectivity index (χ4v) is 3.45. The van der Waals surface area contributed by atoms with Crippen LogP contribution in [0, 0.1) is 0 Å². The predicted molar refractivity (Wildman–Crippen MR) is 113 cm³/mol. The van der Waals surface area contributed by atoms with Crippen LogP contribution in [0.2, 0.25) is 0 Å². The molecule has 27 heavy (non-hydrogen) atoms. The molecule has 0 amide bonds. The zero-order valence-corrected chi connectivity index (χ0v) is 16.0. The van der Waals surface area contributed by atoms with E-state index in [1.807, 2.05) is 70.7 Å². The van der Waals surface area contributed by atoms with Gasteiger partial charge in [0.25, 0.3) is 0 Å². The lowest BCUT2D eigenvalue weighted by molar-refractivity contribution is 0.282. The number of aliphatic hydroxyl groups is 1. The highest BCUT2D eigenvalue weighted by Crippen LogP contribution is 2.35. The van der Waals surface area contributed by atoms with E-state index >= 15 is 0 Å². The fraction of sp³-hybridized carbons (Fsp3) is 0.0476. The third kappa shape index (κ3) is 3.49. The molecule has 0 saturated carbocycles. The second-order valence-electron chi connectivity index (χ2n) is 6.11. The highest BCUT2D eigenvalue weighted by atomic mass is 79.9. The van der Waals surface area contributed by atoms with Crippen molar-refractivity contribution in [1.82, 2.24) is 9.97 Å². The number of nitrogen functional groups attached to an aromatic ring is 1. The average Bonchev–Trinajstić information content (AvgIpc) is 2.73. The molecule has 0 saturated heterocycles. The van der Waals surface area contributed by atoms with E-state index < -0.39 is 0 Å². The first-order valence-electron chi connectivity index (χ1n) is 8.44. The van der Waals surface area contributed by atoms with Gasteiger partial charge >= 0.3 is 0 Å². The SMILES string of the molecule is Nc1nc(N(Br)c2ccccc2)c2cc(-c3ccc(CO)cc3)ccc2n1. The van der Waals surface area contributed by atoms with Crippen LogP contribution >= 0.6 is 16.1 Å². The van der Waals surface area contributed by atoms with Crippen LogP contribution in [0.3, 0.4) is 0 Å². The van der Waals surface area contributed by atoms with Gasteiger partial charge < -0.3 is 10.8 Å². The molecular formula is C21H17BrN4O. The number of aliphatic hydroxyl groups excluding tert-OH is 1. The molecule has 0 unspecified atom stereocenters. The van der Waals surface area contributed by atoms with E-state index in [1.54, 1.807) is 0 Å². The second kappa shape index (κ2) is 7.34. The van der Waals surface area contributed by atoms with Gasteiger partial charge in [0, 0.05) is 5.39 Å². The van der Waals surface area contributed by atoms with Crippen molar-refractivity contribution in [2.75, 3.05) is 9.66 Å². The van der Waals surface area contributed by atoms with Gasteiger partial charge in [-0.15, -0.1) is 0 Å². The van der Waals surface area contributed by atoms with Crippen LogP contribution in [0.25, 0.3) is 22.0 Å². The molecule has 0 spiro atoms. The number of nitrogens with two attached hydrogens (primary N) is 1. The summed E-state index contributed by atoms with van der Waals surface area (Å²) in [7, 11) is 0. The zero-order valence-electron chi connectivity index (χ0n) is 14.4. The summed E-state index contributed by atoms with van der Waals surface area (Å²) in [5, 5.41) is 10.1. The standard InChI is InChI=1S/C21H17BrN4O/c22-26(17-4-2-1-3-5-17)20-18-12-16(10-11-19(18)24-21(23)25-20)15-8-6-14(13-27)7-9-15/h1-12,27H,13H2,(H2,23,24,25). The first-order valence-corrected chi connectivity index (χ1v) is 9.15. The first-order chi connectivity index (χ1) is 13.2. The summed E-state index contributed by atoms with van der Waals surface area (Å²) in [5.41, 5.74) is 10.6. The van der Waals surface area contributed by atoms with Crippen LogP contribution in [-0.4, -0.2) is 15.1 Å². The summed E-state index contributed by atoms with van der Waals surface area (Å²) in [6.07, 6.45) is 0. The Morgan fingerprint density at radius 3 is 2.30 bits per heavy atom. The monoisotopic (exact) mass is 420 g/mol. The van der Waals surface area contributed by atoms with E-state index in [9.17, 15) is 5.11 Å². The van der Waals surface area contributed by atoms with Crippen molar-refractivity contribution in [1.29, 1.82) is 0 Å². The Morgan fingerprint density at radius 1 is 0.889 bits per heavy atom. The number of para-hydroxylation sites is 1.